The maximum atomic E-state index is 12.4. The van der Waals surface area contributed by atoms with E-state index in [1.165, 1.54) is 0 Å². The van der Waals surface area contributed by atoms with Gasteiger partial charge in [-0.15, -0.1) is 0 Å². The number of para-hydroxylation sites is 1. The molecule has 0 bridgehead atoms. The van der Waals surface area contributed by atoms with Crippen molar-refractivity contribution in [2.24, 2.45) is 0 Å². The number of nitrogens with two attached hydrogens (primary N) is 1. The van der Waals surface area contributed by atoms with Crippen LogP contribution in [0.3, 0.4) is 0 Å². The molecule has 0 saturated carbocycles. The van der Waals surface area contributed by atoms with E-state index in [1.807, 2.05) is 37.3 Å². The highest BCUT2D eigenvalue weighted by molar-refractivity contribution is 6.04. The van der Waals surface area contributed by atoms with Gasteiger partial charge in [-0.3, -0.25) is 9.20 Å². The lowest BCUT2D eigenvalue weighted by Gasteiger charge is -2.06. The average molecular weight is 266 g/mol. The smallest absolute Gasteiger partial charge is 0.274 e. The fourth-order valence-corrected chi connectivity index (χ4v) is 2.16. The van der Waals surface area contributed by atoms with Crippen molar-refractivity contribution in [1.29, 1.82) is 0 Å². The maximum absolute atomic E-state index is 12.4. The molecule has 1 amide bonds. The number of fused-ring (bicyclic) bond motifs is 1. The van der Waals surface area contributed by atoms with Gasteiger partial charge in [0.15, 0.2) is 0 Å². The Bertz CT molecular complexity index is 777. The van der Waals surface area contributed by atoms with Gasteiger partial charge in [-0.2, -0.15) is 0 Å². The number of nitrogens with zero attached hydrogens (tertiary/aromatic N) is 2. The highest BCUT2D eigenvalue weighted by Gasteiger charge is 2.16. The fraction of sp³-hybridized carbons (Fsp3) is 0.0667. The number of pyridine rings is 1. The second-order valence-corrected chi connectivity index (χ2v) is 4.56. The average Bonchev–Trinajstić information content (AvgIpc) is 2.75. The number of hydrogen-bond acceptors (Lipinski definition) is 3. The van der Waals surface area contributed by atoms with Gasteiger partial charge in [-0.25, -0.2) is 4.98 Å². The Hall–Kier alpha value is -2.82. The Labute approximate surface area is 116 Å². The number of carbonyl (C=O) groups excluding carboxylic acids is 1. The van der Waals surface area contributed by atoms with Crippen molar-refractivity contribution in [2.75, 3.05) is 11.1 Å². The second kappa shape index (κ2) is 4.70. The lowest BCUT2D eigenvalue weighted by Crippen LogP contribution is -2.15. The first-order valence-corrected chi connectivity index (χ1v) is 6.26. The molecule has 0 fully saturated rings. The first-order valence-electron chi connectivity index (χ1n) is 6.26. The monoisotopic (exact) mass is 266 g/mol. The molecule has 100 valence electrons. The van der Waals surface area contributed by atoms with Crippen LogP contribution in [0.1, 0.15) is 16.2 Å². The van der Waals surface area contributed by atoms with Crippen molar-refractivity contribution in [1.82, 2.24) is 9.38 Å². The number of aryl methyl sites for hydroxylation is 1. The van der Waals surface area contributed by atoms with Crippen LogP contribution in [0.25, 0.3) is 5.65 Å². The summed E-state index contributed by atoms with van der Waals surface area (Å²) in [6.45, 7) is 1.81. The van der Waals surface area contributed by atoms with E-state index in [-0.39, 0.29) is 5.91 Å². The van der Waals surface area contributed by atoms with Crippen molar-refractivity contribution in [3.63, 3.8) is 0 Å². The first-order chi connectivity index (χ1) is 9.65. The number of amides is 1. The van der Waals surface area contributed by atoms with Crippen LogP contribution in [-0.4, -0.2) is 15.3 Å². The molecule has 0 aliphatic heterocycles. The molecule has 0 unspecified atom stereocenters. The van der Waals surface area contributed by atoms with Crippen LogP contribution in [0.15, 0.2) is 48.7 Å². The minimum atomic E-state index is -0.202. The van der Waals surface area contributed by atoms with E-state index in [4.69, 9.17) is 5.73 Å². The molecule has 1 aromatic carbocycles. The Balaban J connectivity index is 2.03. The summed E-state index contributed by atoms with van der Waals surface area (Å²) in [6.07, 6.45) is 1.70. The number of aromatic nitrogens is 2. The Morgan fingerprint density at radius 3 is 2.70 bits per heavy atom. The van der Waals surface area contributed by atoms with Gasteiger partial charge in [-0.1, -0.05) is 18.2 Å². The molecular formula is C15H14N4O. The van der Waals surface area contributed by atoms with Gasteiger partial charge in [0.1, 0.15) is 11.3 Å². The van der Waals surface area contributed by atoms with E-state index in [1.54, 1.807) is 22.7 Å². The standard InChI is InChI=1S/C15H14N4O/c1-10-14(15(20)18-12-5-3-2-4-6-12)19-9-11(16)7-8-13(19)17-10/h2-9H,16H2,1H3,(H,18,20). The van der Waals surface area contributed by atoms with E-state index in [9.17, 15) is 4.79 Å². The van der Waals surface area contributed by atoms with Crippen LogP contribution >= 0.6 is 0 Å². The minimum Gasteiger partial charge on any atom is -0.398 e. The van der Waals surface area contributed by atoms with Gasteiger partial charge < -0.3 is 11.1 Å². The molecule has 0 atom stereocenters. The molecule has 5 nitrogen and oxygen atoms in total. The van der Waals surface area contributed by atoms with Crippen molar-refractivity contribution in [2.45, 2.75) is 6.92 Å². The highest BCUT2D eigenvalue weighted by Crippen LogP contribution is 2.16. The maximum Gasteiger partial charge on any atom is 0.274 e. The summed E-state index contributed by atoms with van der Waals surface area (Å²) in [5, 5.41) is 2.86. The molecule has 0 aliphatic carbocycles. The predicted octanol–water partition coefficient (Wildman–Crippen LogP) is 2.48. The summed E-state index contributed by atoms with van der Waals surface area (Å²) in [4.78, 5) is 16.8. The molecule has 2 aromatic heterocycles. The number of imidazole rings is 1. The van der Waals surface area contributed by atoms with Crippen LogP contribution in [-0.2, 0) is 0 Å². The van der Waals surface area contributed by atoms with Crippen molar-refractivity contribution < 1.29 is 4.79 Å². The third-order valence-electron chi connectivity index (χ3n) is 3.06. The molecule has 5 heteroatoms. The van der Waals surface area contributed by atoms with Crippen LogP contribution < -0.4 is 11.1 Å². The van der Waals surface area contributed by atoms with Crippen LogP contribution in [0.5, 0.6) is 0 Å². The summed E-state index contributed by atoms with van der Waals surface area (Å²) in [5.41, 5.74) is 8.98. The number of nitrogens with one attached hydrogen (secondary N) is 1. The largest absolute Gasteiger partial charge is 0.398 e. The second-order valence-electron chi connectivity index (χ2n) is 4.56. The van der Waals surface area contributed by atoms with Crippen molar-refractivity contribution in [3.8, 4) is 0 Å². The van der Waals surface area contributed by atoms with E-state index in [0.29, 0.717) is 22.7 Å². The number of hydrogen-bond donors (Lipinski definition) is 2. The molecule has 3 N–H and O–H groups in total. The zero-order valence-corrected chi connectivity index (χ0v) is 11.0. The topological polar surface area (TPSA) is 72.4 Å². The third-order valence-corrected chi connectivity index (χ3v) is 3.06. The summed E-state index contributed by atoms with van der Waals surface area (Å²) in [5.74, 6) is -0.202. The molecular weight excluding hydrogens is 252 g/mol. The summed E-state index contributed by atoms with van der Waals surface area (Å²) >= 11 is 0. The zero-order chi connectivity index (χ0) is 14.1. The Morgan fingerprint density at radius 2 is 1.95 bits per heavy atom. The van der Waals surface area contributed by atoms with Crippen molar-refractivity contribution in [3.05, 3.63) is 60.0 Å². The molecule has 0 radical (unpaired) electrons. The summed E-state index contributed by atoms with van der Waals surface area (Å²) in [6, 6.07) is 12.9. The van der Waals surface area contributed by atoms with Crippen LogP contribution in [0.2, 0.25) is 0 Å². The van der Waals surface area contributed by atoms with Gasteiger partial charge in [-0.05, 0) is 31.2 Å². The molecule has 0 aliphatic rings. The Morgan fingerprint density at radius 1 is 1.20 bits per heavy atom. The third kappa shape index (κ3) is 2.09. The number of nitrogen functional groups attached to an aromatic ring is 1. The molecule has 2 heterocycles. The molecule has 3 rings (SSSR count). The highest BCUT2D eigenvalue weighted by atomic mass is 16.2. The van der Waals surface area contributed by atoms with Gasteiger partial charge >= 0.3 is 0 Å². The van der Waals surface area contributed by atoms with Crippen LogP contribution in [0.4, 0.5) is 11.4 Å². The predicted molar refractivity (Wildman–Crippen MR) is 78.7 cm³/mol. The Kier molecular flexibility index (Phi) is 2.87. The van der Waals surface area contributed by atoms with Gasteiger partial charge in [0.05, 0.1) is 5.69 Å². The fourth-order valence-electron chi connectivity index (χ4n) is 2.16. The van der Waals surface area contributed by atoms with E-state index in [2.05, 4.69) is 10.3 Å². The van der Waals surface area contributed by atoms with Gasteiger partial charge in [0.2, 0.25) is 0 Å². The summed E-state index contributed by atoms with van der Waals surface area (Å²) in [7, 11) is 0. The first kappa shape index (κ1) is 12.2. The normalized spacial score (nSPS) is 10.7. The molecule has 0 saturated heterocycles. The zero-order valence-electron chi connectivity index (χ0n) is 11.0. The van der Waals surface area contributed by atoms with Crippen LogP contribution in [0, 0.1) is 6.92 Å². The van der Waals surface area contributed by atoms with Gasteiger partial charge in [0, 0.05) is 17.6 Å². The molecule has 20 heavy (non-hydrogen) atoms. The minimum absolute atomic E-state index is 0.202. The molecule has 3 aromatic rings. The number of anilines is 2. The lowest BCUT2D eigenvalue weighted by atomic mass is 10.3. The van der Waals surface area contributed by atoms with E-state index >= 15 is 0 Å². The lowest BCUT2D eigenvalue weighted by molar-refractivity contribution is 0.102. The van der Waals surface area contributed by atoms with Crippen molar-refractivity contribution >= 4 is 22.9 Å². The number of carbonyl (C=O) groups is 1. The summed E-state index contributed by atoms with van der Waals surface area (Å²) < 4.78 is 1.71. The van der Waals surface area contributed by atoms with E-state index < -0.39 is 0 Å². The molecule has 0 spiro atoms. The number of benzene rings is 1. The van der Waals surface area contributed by atoms with Gasteiger partial charge in [0.25, 0.3) is 5.91 Å². The quantitative estimate of drug-likeness (QED) is 0.748. The van der Waals surface area contributed by atoms with E-state index in [0.717, 1.165) is 5.69 Å². The number of rotatable bonds is 2. The SMILES string of the molecule is Cc1nc2ccc(N)cn2c1C(=O)Nc1ccccc1.